The predicted octanol–water partition coefficient (Wildman–Crippen LogP) is 1.83. The summed E-state index contributed by atoms with van der Waals surface area (Å²) in [6.07, 6.45) is 2.96. The van der Waals surface area contributed by atoms with E-state index in [-0.39, 0.29) is 29.6 Å². The van der Waals surface area contributed by atoms with Crippen LogP contribution in [0.1, 0.15) is 18.9 Å². The highest BCUT2D eigenvalue weighted by Crippen LogP contribution is 2.30. The van der Waals surface area contributed by atoms with Crippen LogP contribution in [0.15, 0.2) is 23.1 Å². The van der Waals surface area contributed by atoms with Crippen LogP contribution in [0.3, 0.4) is 0 Å². The number of rotatable bonds is 7. The lowest BCUT2D eigenvalue weighted by atomic mass is 10.1. The number of aromatic amines is 1. The summed E-state index contributed by atoms with van der Waals surface area (Å²) < 4.78 is 53.3. The maximum atomic E-state index is 14.8. The Balaban J connectivity index is 1.31. The van der Waals surface area contributed by atoms with Crippen LogP contribution in [0.25, 0.3) is 11.0 Å². The van der Waals surface area contributed by atoms with Gasteiger partial charge < -0.3 is 19.3 Å². The second-order valence-corrected chi connectivity index (χ2v) is 10.5. The number of H-pyrrole nitrogens is 1. The Morgan fingerprint density at radius 2 is 1.75 bits per heavy atom. The fourth-order valence-corrected chi connectivity index (χ4v) is 5.95. The summed E-state index contributed by atoms with van der Waals surface area (Å²) in [6, 6.07) is 2.40. The topological polar surface area (TPSA) is 106 Å². The van der Waals surface area contributed by atoms with E-state index in [0.29, 0.717) is 61.3 Å². The van der Waals surface area contributed by atoms with Gasteiger partial charge in [-0.1, -0.05) is 0 Å². The highest BCUT2D eigenvalue weighted by molar-refractivity contribution is 7.85. The fourth-order valence-electron chi connectivity index (χ4n) is 4.68. The molecule has 0 saturated carbocycles. The molecule has 36 heavy (non-hydrogen) atoms. The summed E-state index contributed by atoms with van der Waals surface area (Å²) in [4.78, 5) is 23.8. The number of methoxy groups -OCH3 is 1. The van der Waals surface area contributed by atoms with Gasteiger partial charge in [-0.3, -0.25) is 14.0 Å². The van der Waals surface area contributed by atoms with Crippen LogP contribution < -0.4 is 20.1 Å². The first kappa shape index (κ1) is 24.6. The number of benzene rings is 1. The van der Waals surface area contributed by atoms with Gasteiger partial charge in [0.1, 0.15) is 23.4 Å². The van der Waals surface area contributed by atoms with E-state index in [0.717, 1.165) is 12.8 Å². The van der Waals surface area contributed by atoms with Crippen LogP contribution in [0, 0.1) is 11.6 Å². The van der Waals surface area contributed by atoms with Gasteiger partial charge >= 0.3 is 0 Å². The molecule has 0 radical (unpaired) electrons. The summed E-state index contributed by atoms with van der Waals surface area (Å²) in [6.45, 7) is 2.02. The Labute approximate surface area is 208 Å². The number of hydrogen-bond acceptors (Lipinski definition) is 8. The molecular formula is C23H28F2N6O4S. The molecule has 2 aromatic heterocycles. The maximum Gasteiger partial charge on any atom is 0.263 e. The lowest BCUT2D eigenvalue weighted by Crippen LogP contribution is -2.48. The van der Waals surface area contributed by atoms with Crippen LogP contribution in [-0.4, -0.2) is 82.0 Å². The Hall–Kier alpha value is -3.06. The largest absolute Gasteiger partial charge is 0.491 e. The predicted molar refractivity (Wildman–Crippen MR) is 132 cm³/mol. The Morgan fingerprint density at radius 1 is 1.08 bits per heavy atom. The van der Waals surface area contributed by atoms with Crippen LogP contribution in [-0.2, 0) is 15.5 Å². The zero-order chi connectivity index (χ0) is 25.2. The van der Waals surface area contributed by atoms with Gasteiger partial charge in [0.05, 0.1) is 18.8 Å². The van der Waals surface area contributed by atoms with Gasteiger partial charge in [0, 0.05) is 67.7 Å². The lowest BCUT2D eigenvalue weighted by molar-refractivity contribution is 0.146. The van der Waals surface area contributed by atoms with E-state index in [9.17, 15) is 17.8 Å². The Morgan fingerprint density at radius 3 is 2.42 bits per heavy atom. The third-order valence-electron chi connectivity index (χ3n) is 6.60. The molecule has 2 aliphatic heterocycles. The summed E-state index contributed by atoms with van der Waals surface area (Å²) in [5, 5.41) is 4.80. The third kappa shape index (κ3) is 4.94. The van der Waals surface area contributed by atoms with Crippen molar-refractivity contribution in [3.8, 4) is 5.75 Å². The molecule has 1 N–H and O–H groups in total. The van der Waals surface area contributed by atoms with Gasteiger partial charge in [-0.05, 0) is 12.8 Å². The first-order valence-electron chi connectivity index (χ1n) is 11.9. The summed E-state index contributed by atoms with van der Waals surface area (Å²) >= 11 is 0. The van der Waals surface area contributed by atoms with Gasteiger partial charge in [-0.2, -0.15) is 10.1 Å². The van der Waals surface area contributed by atoms with E-state index in [1.165, 1.54) is 25.4 Å². The van der Waals surface area contributed by atoms with Crippen LogP contribution in [0.4, 0.5) is 20.4 Å². The van der Waals surface area contributed by atoms with Crippen molar-refractivity contribution in [2.75, 3.05) is 67.8 Å². The van der Waals surface area contributed by atoms with E-state index < -0.39 is 22.4 Å². The summed E-state index contributed by atoms with van der Waals surface area (Å²) in [7, 11) is 0.717. The minimum absolute atomic E-state index is 0.0478. The smallest absolute Gasteiger partial charge is 0.263 e. The third-order valence-corrected chi connectivity index (χ3v) is 7.98. The minimum Gasteiger partial charge on any atom is -0.491 e. The molecule has 0 aliphatic carbocycles. The second kappa shape index (κ2) is 10.5. The SMILES string of the molecule is COCCOc1cc(F)c(N2CCN(c3nc4c(cnn4C4CCS(=O)CC4)c(=O)[nH]3)CC2)c(F)c1. The van der Waals surface area contributed by atoms with Crippen molar-refractivity contribution >= 4 is 33.5 Å². The molecule has 0 unspecified atom stereocenters. The van der Waals surface area contributed by atoms with E-state index >= 15 is 0 Å². The van der Waals surface area contributed by atoms with E-state index in [1.54, 1.807) is 9.58 Å². The number of anilines is 2. The van der Waals surface area contributed by atoms with Gasteiger partial charge in [0.25, 0.3) is 5.56 Å². The number of nitrogens with one attached hydrogen (secondary N) is 1. The molecule has 4 heterocycles. The van der Waals surface area contributed by atoms with Crippen LogP contribution in [0.2, 0.25) is 0 Å². The van der Waals surface area contributed by atoms with Crippen molar-refractivity contribution in [2.45, 2.75) is 18.9 Å². The van der Waals surface area contributed by atoms with Crippen molar-refractivity contribution in [3.63, 3.8) is 0 Å². The fraction of sp³-hybridized carbons (Fsp3) is 0.522. The summed E-state index contributed by atoms with van der Waals surface area (Å²) in [5.74, 6) is 0.341. The molecule has 3 aromatic rings. The van der Waals surface area contributed by atoms with Crippen LogP contribution in [0.5, 0.6) is 5.75 Å². The zero-order valence-electron chi connectivity index (χ0n) is 19.9. The number of halogens is 2. The van der Waals surface area contributed by atoms with E-state index in [4.69, 9.17) is 14.5 Å². The highest BCUT2D eigenvalue weighted by Gasteiger charge is 2.27. The van der Waals surface area contributed by atoms with Gasteiger partial charge in [0.2, 0.25) is 5.95 Å². The molecule has 13 heteroatoms. The molecule has 194 valence electrons. The Kier molecular flexibility index (Phi) is 7.19. The summed E-state index contributed by atoms with van der Waals surface area (Å²) in [5.41, 5.74) is 0.109. The van der Waals surface area contributed by atoms with Crippen molar-refractivity contribution < 1.29 is 22.5 Å². The van der Waals surface area contributed by atoms with E-state index in [2.05, 4.69) is 10.1 Å². The number of hydrogen-bond donors (Lipinski definition) is 1. The number of piperazine rings is 1. The molecule has 0 amide bonds. The van der Waals surface area contributed by atoms with Crippen LogP contribution >= 0.6 is 0 Å². The number of aromatic nitrogens is 4. The molecule has 0 atom stereocenters. The van der Waals surface area contributed by atoms with Gasteiger partial charge in [-0.15, -0.1) is 0 Å². The molecule has 5 rings (SSSR count). The monoisotopic (exact) mass is 522 g/mol. The normalized spacial score (nSPS) is 20.8. The average molecular weight is 523 g/mol. The quantitative estimate of drug-likeness (QED) is 0.469. The first-order chi connectivity index (χ1) is 17.4. The molecule has 1 aromatic carbocycles. The standard InChI is InChI=1S/C23H28F2N6O4S/c1-34-8-9-35-16-12-18(24)20(19(25)13-16)29-4-6-30(7-5-29)23-27-21-17(22(32)28-23)14-26-31(21)15-2-10-36(33)11-3-15/h12-15H,2-11H2,1H3,(H,27,28,32). The molecule has 2 aliphatic rings. The Bertz CT molecular complexity index is 1290. The van der Waals surface area contributed by atoms with Crippen molar-refractivity contribution in [1.82, 2.24) is 19.7 Å². The maximum absolute atomic E-state index is 14.8. The van der Waals surface area contributed by atoms with E-state index in [1.807, 2.05) is 4.90 Å². The van der Waals surface area contributed by atoms with Gasteiger partial charge in [-0.25, -0.2) is 13.5 Å². The van der Waals surface area contributed by atoms with Crippen molar-refractivity contribution in [2.24, 2.45) is 0 Å². The highest BCUT2D eigenvalue weighted by atomic mass is 32.2. The lowest BCUT2D eigenvalue weighted by Gasteiger charge is -2.36. The minimum atomic E-state index is -0.803. The number of nitrogens with zero attached hydrogens (tertiary/aromatic N) is 5. The number of ether oxygens (including phenoxy) is 2. The first-order valence-corrected chi connectivity index (χ1v) is 13.4. The zero-order valence-corrected chi connectivity index (χ0v) is 20.7. The molecule has 2 saturated heterocycles. The molecule has 10 nitrogen and oxygen atoms in total. The van der Waals surface area contributed by atoms with Gasteiger partial charge in [0.15, 0.2) is 17.3 Å². The average Bonchev–Trinajstić information content (AvgIpc) is 3.29. The molecule has 0 spiro atoms. The molecular weight excluding hydrogens is 494 g/mol. The second-order valence-electron chi connectivity index (χ2n) is 8.85. The molecule has 2 fully saturated rings. The molecule has 0 bridgehead atoms. The van der Waals surface area contributed by atoms with Crippen molar-refractivity contribution in [3.05, 3.63) is 40.3 Å². The van der Waals surface area contributed by atoms with Crippen molar-refractivity contribution in [1.29, 1.82) is 0 Å². The number of fused-ring (bicyclic) bond motifs is 1.